The van der Waals surface area contributed by atoms with Gasteiger partial charge in [0.15, 0.2) is 5.82 Å². The molecule has 4 rings (SSSR count). The highest BCUT2D eigenvalue weighted by Crippen LogP contribution is 2.28. The quantitative estimate of drug-likeness (QED) is 0.709. The minimum Gasteiger partial charge on any atom is -0.219 e. The minimum atomic E-state index is -0.971. The molecule has 1 aromatic carbocycles. The molecule has 1 aliphatic rings. The van der Waals surface area contributed by atoms with Crippen molar-refractivity contribution < 1.29 is 13.2 Å². The lowest BCUT2D eigenvalue weighted by molar-refractivity contribution is 0.351. The molecule has 0 saturated heterocycles. The number of benzene rings is 1. The largest absolute Gasteiger partial charge is 0.252 e. The van der Waals surface area contributed by atoms with E-state index in [-0.39, 0.29) is 11.1 Å². The van der Waals surface area contributed by atoms with Gasteiger partial charge in [0.2, 0.25) is 0 Å². The Bertz CT molecular complexity index is 893. The number of hydrogen-bond donors (Lipinski definition) is 0. The Morgan fingerprint density at radius 1 is 1.04 bits per heavy atom. The van der Waals surface area contributed by atoms with E-state index in [1.54, 1.807) is 0 Å². The second-order valence-electron chi connectivity index (χ2n) is 6.57. The maximum atomic E-state index is 14.0. The van der Waals surface area contributed by atoms with Crippen molar-refractivity contribution in [1.29, 1.82) is 0 Å². The smallest absolute Gasteiger partial charge is 0.219 e. The predicted molar refractivity (Wildman–Crippen MR) is 86.4 cm³/mol. The number of halogens is 3. The first-order valence-corrected chi connectivity index (χ1v) is 8.46. The van der Waals surface area contributed by atoms with Crippen LogP contribution in [0.5, 0.6) is 0 Å². The van der Waals surface area contributed by atoms with E-state index in [0.29, 0.717) is 29.7 Å². The normalized spacial score (nSPS) is 15.8. The van der Waals surface area contributed by atoms with Crippen LogP contribution in [-0.2, 0) is 6.42 Å². The zero-order valence-corrected chi connectivity index (χ0v) is 13.6. The highest BCUT2D eigenvalue weighted by Gasteiger charge is 2.18. The van der Waals surface area contributed by atoms with E-state index >= 15 is 0 Å². The van der Waals surface area contributed by atoms with Gasteiger partial charge >= 0.3 is 0 Å². The Morgan fingerprint density at radius 2 is 1.76 bits per heavy atom. The van der Waals surface area contributed by atoms with Gasteiger partial charge in [0.25, 0.3) is 5.78 Å². The lowest BCUT2D eigenvalue weighted by atomic mass is 9.87. The molecule has 0 radical (unpaired) electrons. The van der Waals surface area contributed by atoms with Crippen molar-refractivity contribution in [2.45, 2.75) is 38.5 Å². The van der Waals surface area contributed by atoms with Crippen LogP contribution in [-0.4, -0.2) is 19.6 Å². The van der Waals surface area contributed by atoms with E-state index in [2.05, 4.69) is 15.1 Å². The van der Waals surface area contributed by atoms with E-state index < -0.39 is 17.5 Å². The van der Waals surface area contributed by atoms with E-state index in [0.717, 1.165) is 6.42 Å². The maximum Gasteiger partial charge on any atom is 0.252 e. The average molecular weight is 346 g/mol. The molecule has 1 saturated carbocycles. The average Bonchev–Trinajstić information content (AvgIpc) is 2.96. The first-order chi connectivity index (χ1) is 12.1. The number of hydrogen-bond acceptors (Lipinski definition) is 3. The van der Waals surface area contributed by atoms with Crippen LogP contribution in [0.15, 0.2) is 24.5 Å². The summed E-state index contributed by atoms with van der Waals surface area (Å²) in [4.78, 5) is 8.53. The summed E-state index contributed by atoms with van der Waals surface area (Å²) in [5.74, 6) is -1.24. The van der Waals surface area contributed by atoms with Gasteiger partial charge in [-0.3, -0.25) is 0 Å². The molecule has 4 nitrogen and oxygen atoms in total. The molecule has 0 bridgehead atoms. The summed E-state index contributed by atoms with van der Waals surface area (Å²) < 4.78 is 42.4. The van der Waals surface area contributed by atoms with E-state index in [4.69, 9.17) is 0 Å². The highest BCUT2D eigenvalue weighted by molar-refractivity contribution is 5.64. The molecule has 0 unspecified atom stereocenters. The number of aromatic nitrogens is 4. The molecule has 0 N–H and O–H groups in total. The van der Waals surface area contributed by atoms with E-state index in [1.165, 1.54) is 49.0 Å². The van der Waals surface area contributed by atoms with Crippen LogP contribution in [0, 0.1) is 23.4 Å². The van der Waals surface area contributed by atoms with Crippen LogP contribution in [0.4, 0.5) is 13.2 Å². The van der Waals surface area contributed by atoms with Crippen molar-refractivity contribution in [3.63, 3.8) is 0 Å². The predicted octanol–water partition coefficient (Wildman–Crippen LogP) is 4.33. The van der Waals surface area contributed by atoms with Crippen molar-refractivity contribution in [1.82, 2.24) is 19.6 Å². The Labute approximate surface area is 142 Å². The van der Waals surface area contributed by atoms with Crippen molar-refractivity contribution >= 4 is 5.78 Å². The van der Waals surface area contributed by atoms with E-state index in [1.807, 2.05) is 0 Å². The summed E-state index contributed by atoms with van der Waals surface area (Å²) in [7, 11) is 0. The van der Waals surface area contributed by atoms with Gasteiger partial charge in [0.05, 0.1) is 5.56 Å². The zero-order valence-electron chi connectivity index (χ0n) is 13.6. The molecule has 1 aliphatic carbocycles. The fraction of sp³-hybridized carbons (Fsp3) is 0.389. The number of fused-ring (bicyclic) bond motifs is 1. The molecule has 130 valence electrons. The first kappa shape index (κ1) is 16.1. The number of rotatable bonds is 3. The molecule has 25 heavy (non-hydrogen) atoms. The molecule has 2 heterocycles. The monoisotopic (exact) mass is 346 g/mol. The van der Waals surface area contributed by atoms with Gasteiger partial charge in [0, 0.05) is 36.5 Å². The first-order valence-electron chi connectivity index (χ1n) is 8.46. The standard InChI is InChI=1S/C18H17F3N4/c19-13-7-14(20)17(15(21)8-13)12-9-22-18-23-16(24-25(18)10-12)6-11-4-2-1-3-5-11/h7-11H,1-6H2. The molecule has 0 atom stereocenters. The minimum absolute atomic E-state index is 0.191. The van der Waals surface area contributed by atoms with Gasteiger partial charge in [-0.15, -0.1) is 5.10 Å². The van der Waals surface area contributed by atoms with Crippen molar-refractivity contribution in [3.05, 3.63) is 47.8 Å². The molecule has 1 fully saturated rings. The fourth-order valence-electron chi connectivity index (χ4n) is 3.51. The second kappa shape index (κ2) is 6.46. The summed E-state index contributed by atoms with van der Waals surface area (Å²) in [6, 6.07) is 1.30. The lowest BCUT2D eigenvalue weighted by Crippen LogP contribution is -2.10. The Morgan fingerprint density at radius 3 is 2.48 bits per heavy atom. The number of nitrogens with zero attached hydrogens (tertiary/aromatic N) is 4. The van der Waals surface area contributed by atoms with Crippen LogP contribution in [0.3, 0.4) is 0 Å². The van der Waals surface area contributed by atoms with E-state index in [9.17, 15) is 13.2 Å². The Kier molecular flexibility index (Phi) is 4.15. The third-order valence-corrected chi connectivity index (χ3v) is 4.73. The summed E-state index contributed by atoms with van der Waals surface area (Å²) >= 11 is 0. The van der Waals surface area contributed by atoms with Crippen LogP contribution >= 0.6 is 0 Å². The maximum absolute atomic E-state index is 14.0. The van der Waals surface area contributed by atoms with Crippen LogP contribution < -0.4 is 0 Å². The molecule has 3 aromatic rings. The zero-order chi connectivity index (χ0) is 17.4. The lowest BCUT2D eigenvalue weighted by Gasteiger charge is -2.19. The fourth-order valence-corrected chi connectivity index (χ4v) is 3.51. The molecule has 0 aliphatic heterocycles. The van der Waals surface area contributed by atoms with Gasteiger partial charge in [0.1, 0.15) is 17.5 Å². The highest BCUT2D eigenvalue weighted by atomic mass is 19.1. The molecule has 0 amide bonds. The van der Waals surface area contributed by atoms with Gasteiger partial charge in [-0.1, -0.05) is 32.1 Å². The molecular formula is C18H17F3N4. The molecule has 7 heteroatoms. The van der Waals surface area contributed by atoms with Gasteiger partial charge in [-0.2, -0.15) is 4.98 Å². The van der Waals surface area contributed by atoms with Crippen molar-refractivity contribution in [2.24, 2.45) is 5.92 Å². The van der Waals surface area contributed by atoms with Crippen LogP contribution in [0.2, 0.25) is 0 Å². The molecular weight excluding hydrogens is 329 g/mol. The van der Waals surface area contributed by atoms with Gasteiger partial charge < -0.3 is 0 Å². The summed E-state index contributed by atoms with van der Waals surface area (Å²) in [6.45, 7) is 0. The summed E-state index contributed by atoms with van der Waals surface area (Å²) in [5.41, 5.74) is -0.128. The van der Waals surface area contributed by atoms with Crippen molar-refractivity contribution in [2.75, 3.05) is 0 Å². The molecule has 0 spiro atoms. The Balaban J connectivity index is 1.66. The topological polar surface area (TPSA) is 43.1 Å². The van der Waals surface area contributed by atoms with Crippen molar-refractivity contribution in [3.8, 4) is 11.1 Å². The summed E-state index contributed by atoms with van der Waals surface area (Å²) in [6.07, 6.45) is 9.72. The SMILES string of the molecule is Fc1cc(F)c(-c2cnc3nc(CC4CCCCC4)nn3c2)c(F)c1. The van der Waals surface area contributed by atoms with Crippen LogP contribution in [0.1, 0.15) is 37.9 Å². The Hall–Kier alpha value is -2.44. The third-order valence-electron chi connectivity index (χ3n) is 4.73. The second-order valence-corrected chi connectivity index (χ2v) is 6.57. The molecule has 2 aromatic heterocycles. The third kappa shape index (κ3) is 3.23. The summed E-state index contributed by atoms with van der Waals surface area (Å²) in [5, 5.41) is 4.39. The van der Waals surface area contributed by atoms with Gasteiger partial charge in [-0.25, -0.2) is 22.7 Å². The van der Waals surface area contributed by atoms with Gasteiger partial charge in [-0.05, 0) is 5.92 Å². The van der Waals surface area contributed by atoms with Crippen LogP contribution in [0.25, 0.3) is 16.9 Å².